The Bertz CT molecular complexity index is 528. The lowest BCUT2D eigenvalue weighted by molar-refractivity contribution is 0.479. The normalized spacial score (nSPS) is 12.2. The molecule has 0 unspecified atom stereocenters. The molecule has 0 bridgehead atoms. The molecule has 0 amide bonds. The van der Waals surface area contributed by atoms with Crippen LogP contribution in [0.1, 0.15) is 20.8 Å². The molecule has 0 saturated carbocycles. The second kappa shape index (κ2) is 3.82. The molecule has 2 aromatic rings. The maximum atomic E-state index is 9.84. The zero-order valence-corrected chi connectivity index (χ0v) is 11.1. The van der Waals surface area contributed by atoms with E-state index in [-0.39, 0.29) is 10.5 Å². The van der Waals surface area contributed by atoms with Crippen LogP contribution in [0, 0.1) is 0 Å². The van der Waals surface area contributed by atoms with Gasteiger partial charge in [-0.1, -0.05) is 32.1 Å². The Balaban J connectivity index is 2.49. The molecule has 0 aliphatic carbocycles. The SMILES string of the molecule is CC(C)(C)Sc1cc(O)c2nc(N)sc2c1. The number of nitrogen functional groups attached to an aromatic ring is 1. The molecule has 0 fully saturated rings. The van der Waals surface area contributed by atoms with Crippen LogP contribution in [0.25, 0.3) is 10.2 Å². The van der Waals surface area contributed by atoms with Gasteiger partial charge in [-0.25, -0.2) is 4.98 Å². The van der Waals surface area contributed by atoms with E-state index in [0.29, 0.717) is 10.6 Å². The van der Waals surface area contributed by atoms with Gasteiger partial charge in [0.1, 0.15) is 11.3 Å². The summed E-state index contributed by atoms with van der Waals surface area (Å²) in [5.74, 6) is 0.206. The minimum Gasteiger partial charge on any atom is -0.506 e. The first-order chi connectivity index (χ1) is 7.35. The Kier molecular flexibility index (Phi) is 2.75. The largest absolute Gasteiger partial charge is 0.506 e. The van der Waals surface area contributed by atoms with Gasteiger partial charge in [-0.05, 0) is 12.1 Å². The number of thioether (sulfide) groups is 1. The van der Waals surface area contributed by atoms with Gasteiger partial charge in [0.05, 0.1) is 4.70 Å². The van der Waals surface area contributed by atoms with Gasteiger partial charge in [-0.3, -0.25) is 0 Å². The van der Waals surface area contributed by atoms with Gasteiger partial charge in [0.15, 0.2) is 5.13 Å². The van der Waals surface area contributed by atoms with Gasteiger partial charge in [-0.15, -0.1) is 11.8 Å². The summed E-state index contributed by atoms with van der Waals surface area (Å²) in [4.78, 5) is 5.13. The zero-order chi connectivity index (χ0) is 11.9. The second-order valence-electron chi connectivity index (χ2n) is 4.56. The highest BCUT2D eigenvalue weighted by atomic mass is 32.2. The summed E-state index contributed by atoms with van der Waals surface area (Å²) in [6.45, 7) is 6.42. The van der Waals surface area contributed by atoms with Crippen molar-refractivity contribution >= 4 is 38.4 Å². The molecular weight excluding hydrogens is 240 g/mol. The predicted octanol–water partition coefficient (Wildman–Crippen LogP) is 3.47. The molecule has 16 heavy (non-hydrogen) atoms. The quantitative estimate of drug-likeness (QED) is 0.765. The van der Waals surface area contributed by atoms with Gasteiger partial charge in [0, 0.05) is 9.64 Å². The number of phenols is 1. The molecule has 5 heteroatoms. The van der Waals surface area contributed by atoms with Crippen LogP contribution in [0.5, 0.6) is 5.75 Å². The van der Waals surface area contributed by atoms with Crippen LogP contribution in [0.4, 0.5) is 5.13 Å². The number of nitrogens with zero attached hydrogens (tertiary/aromatic N) is 1. The highest BCUT2D eigenvalue weighted by Gasteiger charge is 2.15. The molecule has 0 saturated heterocycles. The third-order valence-corrected chi connectivity index (χ3v) is 3.80. The van der Waals surface area contributed by atoms with E-state index < -0.39 is 0 Å². The number of hydrogen-bond donors (Lipinski definition) is 2. The molecule has 86 valence electrons. The molecule has 0 aliphatic rings. The summed E-state index contributed by atoms with van der Waals surface area (Å²) in [6, 6.07) is 3.77. The molecule has 0 radical (unpaired) electrons. The number of fused-ring (bicyclic) bond motifs is 1. The van der Waals surface area contributed by atoms with Crippen molar-refractivity contribution in [1.82, 2.24) is 4.98 Å². The summed E-state index contributed by atoms with van der Waals surface area (Å²) in [5, 5.41) is 10.3. The Morgan fingerprint density at radius 3 is 2.69 bits per heavy atom. The summed E-state index contributed by atoms with van der Waals surface area (Å²) < 4.78 is 1.06. The Morgan fingerprint density at radius 1 is 1.38 bits per heavy atom. The topological polar surface area (TPSA) is 59.1 Å². The molecule has 1 aromatic heterocycles. The zero-order valence-electron chi connectivity index (χ0n) is 9.44. The average Bonchev–Trinajstić information content (AvgIpc) is 2.42. The van der Waals surface area contributed by atoms with Crippen molar-refractivity contribution in [2.45, 2.75) is 30.4 Å². The fourth-order valence-electron chi connectivity index (χ4n) is 1.42. The van der Waals surface area contributed by atoms with E-state index in [1.807, 2.05) is 6.07 Å². The predicted molar refractivity (Wildman–Crippen MR) is 71.3 cm³/mol. The number of hydrogen-bond acceptors (Lipinski definition) is 5. The highest BCUT2D eigenvalue weighted by Crippen LogP contribution is 2.39. The van der Waals surface area contributed by atoms with Gasteiger partial charge >= 0.3 is 0 Å². The number of aromatic hydroxyl groups is 1. The molecule has 3 N–H and O–H groups in total. The molecule has 0 atom stereocenters. The van der Waals surface area contributed by atoms with Crippen molar-refractivity contribution in [2.24, 2.45) is 0 Å². The van der Waals surface area contributed by atoms with E-state index in [1.165, 1.54) is 11.3 Å². The summed E-state index contributed by atoms with van der Waals surface area (Å²) in [6.07, 6.45) is 0. The van der Waals surface area contributed by atoms with Crippen molar-refractivity contribution in [3.63, 3.8) is 0 Å². The standard InChI is InChI=1S/C11H14N2OS2/c1-11(2,3)16-6-4-7(14)9-8(5-6)15-10(12)13-9/h4-5,14H,1-3H3,(H2,12,13). The Morgan fingerprint density at radius 2 is 2.06 bits per heavy atom. The lowest BCUT2D eigenvalue weighted by atomic mass is 10.3. The highest BCUT2D eigenvalue weighted by molar-refractivity contribution is 8.00. The summed E-state index contributed by atoms with van der Waals surface area (Å²) >= 11 is 3.12. The van der Waals surface area contributed by atoms with Gasteiger partial charge in [-0.2, -0.15) is 0 Å². The van der Waals surface area contributed by atoms with Crippen LogP contribution in [-0.4, -0.2) is 14.8 Å². The summed E-state index contributed by atoms with van der Waals surface area (Å²) in [7, 11) is 0. The molecule has 1 heterocycles. The van der Waals surface area contributed by atoms with Gasteiger partial charge < -0.3 is 10.8 Å². The Labute approximate surface area is 103 Å². The van der Waals surface area contributed by atoms with E-state index in [0.717, 1.165) is 9.60 Å². The lowest BCUT2D eigenvalue weighted by Crippen LogP contribution is -2.06. The lowest BCUT2D eigenvalue weighted by Gasteiger charge is -2.17. The molecule has 0 spiro atoms. The van der Waals surface area contributed by atoms with E-state index in [2.05, 4.69) is 25.8 Å². The van der Waals surface area contributed by atoms with Gasteiger partial charge in [0.25, 0.3) is 0 Å². The number of thiazole rings is 1. The van der Waals surface area contributed by atoms with Crippen LogP contribution in [0.15, 0.2) is 17.0 Å². The van der Waals surface area contributed by atoms with Crippen LogP contribution in [0.2, 0.25) is 0 Å². The monoisotopic (exact) mass is 254 g/mol. The van der Waals surface area contributed by atoms with Crippen molar-refractivity contribution in [3.05, 3.63) is 12.1 Å². The minimum absolute atomic E-state index is 0.121. The van der Waals surface area contributed by atoms with Crippen LogP contribution < -0.4 is 5.73 Å². The average molecular weight is 254 g/mol. The number of anilines is 1. The molecule has 0 aliphatic heterocycles. The summed E-state index contributed by atoms with van der Waals surface area (Å²) in [5.41, 5.74) is 6.22. The molecule has 1 aromatic carbocycles. The van der Waals surface area contributed by atoms with Gasteiger partial charge in [0.2, 0.25) is 0 Å². The number of rotatable bonds is 1. The number of nitrogens with two attached hydrogens (primary N) is 1. The fourth-order valence-corrected chi connectivity index (χ4v) is 3.34. The van der Waals surface area contributed by atoms with E-state index in [1.54, 1.807) is 17.8 Å². The van der Waals surface area contributed by atoms with E-state index in [4.69, 9.17) is 5.73 Å². The number of aromatic nitrogens is 1. The van der Waals surface area contributed by atoms with E-state index in [9.17, 15) is 5.11 Å². The third kappa shape index (κ3) is 2.41. The van der Waals surface area contributed by atoms with Crippen molar-refractivity contribution in [1.29, 1.82) is 0 Å². The first-order valence-electron chi connectivity index (χ1n) is 4.93. The maximum Gasteiger partial charge on any atom is 0.181 e. The smallest absolute Gasteiger partial charge is 0.181 e. The van der Waals surface area contributed by atoms with Crippen molar-refractivity contribution in [3.8, 4) is 5.75 Å². The second-order valence-corrected chi connectivity index (χ2v) is 7.52. The van der Waals surface area contributed by atoms with Crippen molar-refractivity contribution in [2.75, 3.05) is 5.73 Å². The number of benzene rings is 1. The minimum atomic E-state index is 0.121. The molecule has 3 nitrogen and oxygen atoms in total. The van der Waals surface area contributed by atoms with Crippen LogP contribution in [-0.2, 0) is 0 Å². The van der Waals surface area contributed by atoms with Crippen molar-refractivity contribution < 1.29 is 5.11 Å². The molecule has 2 rings (SSSR count). The Hall–Kier alpha value is -0.940. The van der Waals surface area contributed by atoms with Crippen LogP contribution >= 0.6 is 23.1 Å². The third-order valence-electron chi connectivity index (χ3n) is 1.89. The maximum absolute atomic E-state index is 9.84. The fraction of sp³-hybridized carbons (Fsp3) is 0.364. The number of phenolic OH excluding ortho intramolecular Hbond substituents is 1. The van der Waals surface area contributed by atoms with Crippen LogP contribution in [0.3, 0.4) is 0 Å². The first kappa shape index (κ1) is 11.5. The molecular formula is C11H14N2OS2. The van der Waals surface area contributed by atoms with E-state index >= 15 is 0 Å². The first-order valence-corrected chi connectivity index (χ1v) is 6.56.